The molecule has 0 aliphatic heterocycles. The summed E-state index contributed by atoms with van der Waals surface area (Å²) in [5.74, 6) is 1.07. The lowest BCUT2D eigenvalue weighted by Gasteiger charge is -2.05. The molecule has 1 aliphatic rings. The minimum atomic E-state index is -3.40. The minimum absolute atomic E-state index is 0.366. The summed E-state index contributed by atoms with van der Waals surface area (Å²) in [6, 6.07) is 2.40. The molecule has 1 heterocycles. The van der Waals surface area contributed by atoms with Crippen LogP contribution in [0.25, 0.3) is 0 Å². The van der Waals surface area contributed by atoms with Crippen molar-refractivity contribution >= 4 is 49.1 Å². The summed E-state index contributed by atoms with van der Waals surface area (Å²) in [6.45, 7) is 1.25. The average molecular weight is 413 g/mol. The Morgan fingerprint density at radius 2 is 2.19 bits per heavy atom. The Labute approximate surface area is 143 Å². The molecular formula is C13H21BrN2O2S3. The molecule has 0 radical (unpaired) electrons. The van der Waals surface area contributed by atoms with Gasteiger partial charge in [-0.2, -0.15) is 11.8 Å². The van der Waals surface area contributed by atoms with Crippen LogP contribution in [0.2, 0.25) is 0 Å². The lowest BCUT2D eigenvalue weighted by atomic mass is 10.3. The molecule has 0 atom stereocenters. The van der Waals surface area contributed by atoms with Crippen molar-refractivity contribution in [2.45, 2.75) is 43.2 Å². The zero-order chi connectivity index (χ0) is 15.3. The fourth-order valence-corrected chi connectivity index (χ4v) is 6.05. The third-order valence-electron chi connectivity index (χ3n) is 3.21. The smallest absolute Gasteiger partial charge is 0.242 e. The van der Waals surface area contributed by atoms with Gasteiger partial charge in [0.15, 0.2) is 0 Å². The molecule has 8 heteroatoms. The maximum absolute atomic E-state index is 12.3. The number of hydrogen-bond donors (Lipinski definition) is 2. The molecule has 0 unspecified atom stereocenters. The molecule has 4 nitrogen and oxygen atoms in total. The third-order valence-corrected chi connectivity index (χ3v) is 7.62. The molecule has 1 aliphatic carbocycles. The van der Waals surface area contributed by atoms with Gasteiger partial charge in [-0.1, -0.05) is 0 Å². The highest BCUT2D eigenvalue weighted by Crippen LogP contribution is 2.32. The van der Waals surface area contributed by atoms with Crippen molar-refractivity contribution in [3.05, 3.63) is 14.7 Å². The Morgan fingerprint density at radius 3 is 2.86 bits per heavy atom. The maximum atomic E-state index is 12.3. The van der Waals surface area contributed by atoms with Crippen molar-refractivity contribution in [1.82, 2.24) is 10.0 Å². The SMILES string of the molecule is CSCCCCNS(=O)(=O)c1cc(CNC2CC2)sc1Br. The highest BCUT2D eigenvalue weighted by molar-refractivity contribution is 9.11. The lowest BCUT2D eigenvalue weighted by molar-refractivity contribution is 0.578. The van der Waals surface area contributed by atoms with Crippen molar-refractivity contribution < 1.29 is 8.42 Å². The van der Waals surface area contributed by atoms with Crippen LogP contribution in [-0.4, -0.2) is 33.0 Å². The maximum Gasteiger partial charge on any atom is 0.242 e. The van der Waals surface area contributed by atoms with Gasteiger partial charge in [-0.15, -0.1) is 11.3 Å². The second-order valence-electron chi connectivity index (χ2n) is 5.10. The van der Waals surface area contributed by atoms with E-state index in [1.807, 2.05) is 0 Å². The van der Waals surface area contributed by atoms with Gasteiger partial charge in [0.25, 0.3) is 0 Å². The van der Waals surface area contributed by atoms with Crippen molar-refractivity contribution in [2.24, 2.45) is 0 Å². The quantitative estimate of drug-likeness (QED) is 0.579. The molecule has 0 amide bonds. The number of nitrogens with one attached hydrogen (secondary N) is 2. The average Bonchev–Trinajstić information content (AvgIpc) is 3.18. The van der Waals surface area contributed by atoms with Crippen LogP contribution in [-0.2, 0) is 16.6 Å². The van der Waals surface area contributed by atoms with E-state index in [1.54, 1.807) is 17.8 Å². The summed E-state index contributed by atoms with van der Waals surface area (Å²) >= 11 is 6.65. The number of thiophene rings is 1. The number of hydrogen-bond acceptors (Lipinski definition) is 5. The minimum Gasteiger partial charge on any atom is -0.309 e. The number of unbranched alkanes of at least 4 members (excludes halogenated alkanes) is 1. The predicted molar refractivity (Wildman–Crippen MR) is 94.7 cm³/mol. The van der Waals surface area contributed by atoms with E-state index in [4.69, 9.17) is 0 Å². The molecule has 2 N–H and O–H groups in total. The van der Waals surface area contributed by atoms with Crippen LogP contribution in [0.5, 0.6) is 0 Å². The van der Waals surface area contributed by atoms with Crippen LogP contribution in [0, 0.1) is 0 Å². The van der Waals surface area contributed by atoms with Crippen LogP contribution < -0.4 is 10.0 Å². The van der Waals surface area contributed by atoms with Crippen LogP contribution >= 0.6 is 39.0 Å². The molecular weight excluding hydrogens is 392 g/mol. The third kappa shape index (κ3) is 5.84. The standard InChI is InChI=1S/C13H21BrN2O2S3/c1-19-7-3-2-6-16-21(17,18)12-8-11(20-13(12)14)9-15-10-4-5-10/h8,10,15-16H,2-7,9H2,1H3. The molecule has 0 saturated heterocycles. The summed E-state index contributed by atoms with van der Waals surface area (Å²) in [4.78, 5) is 1.42. The van der Waals surface area contributed by atoms with Gasteiger partial charge in [-0.05, 0) is 59.7 Å². The van der Waals surface area contributed by atoms with E-state index < -0.39 is 10.0 Å². The second-order valence-corrected chi connectivity index (χ2v) is 10.3. The van der Waals surface area contributed by atoms with E-state index >= 15 is 0 Å². The number of halogens is 1. The number of thioether (sulfide) groups is 1. The first kappa shape index (κ1) is 17.7. The van der Waals surface area contributed by atoms with E-state index in [-0.39, 0.29) is 0 Å². The second kappa shape index (κ2) is 8.31. The monoisotopic (exact) mass is 412 g/mol. The first-order chi connectivity index (χ1) is 10.0. The number of rotatable bonds is 10. The normalized spacial score (nSPS) is 15.5. The van der Waals surface area contributed by atoms with Gasteiger partial charge in [-0.25, -0.2) is 13.1 Å². The Hall–Kier alpha value is 0.400. The molecule has 21 heavy (non-hydrogen) atoms. The molecule has 0 bridgehead atoms. The fraction of sp³-hybridized carbons (Fsp3) is 0.692. The van der Waals surface area contributed by atoms with Crippen LogP contribution in [0.1, 0.15) is 30.6 Å². The molecule has 120 valence electrons. The van der Waals surface area contributed by atoms with Crippen LogP contribution in [0.15, 0.2) is 14.7 Å². The topological polar surface area (TPSA) is 58.2 Å². The molecule has 1 fully saturated rings. The Morgan fingerprint density at radius 1 is 1.43 bits per heavy atom. The molecule has 0 spiro atoms. The fourth-order valence-electron chi connectivity index (χ4n) is 1.86. The Balaban J connectivity index is 1.88. The van der Waals surface area contributed by atoms with Gasteiger partial charge < -0.3 is 5.32 Å². The van der Waals surface area contributed by atoms with Gasteiger partial charge in [0.2, 0.25) is 10.0 Å². The van der Waals surface area contributed by atoms with Crippen LogP contribution in [0.4, 0.5) is 0 Å². The van der Waals surface area contributed by atoms with E-state index in [0.29, 0.717) is 21.3 Å². The zero-order valence-electron chi connectivity index (χ0n) is 12.0. The molecule has 2 rings (SSSR count). The summed E-state index contributed by atoms with van der Waals surface area (Å²) in [5, 5.41) is 3.40. The predicted octanol–water partition coefficient (Wildman–Crippen LogP) is 3.18. The molecule has 1 aromatic rings. The first-order valence-electron chi connectivity index (χ1n) is 7.03. The van der Waals surface area contributed by atoms with Crippen molar-refractivity contribution in [3.8, 4) is 0 Å². The highest BCUT2D eigenvalue weighted by atomic mass is 79.9. The van der Waals surface area contributed by atoms with Gasteiger partial charge in [0.1, 0.15) is 4.90 Å². The summed E-state index contributed by atoms with van der Waals surface area (Å²) < 4.78 is 28.0. The molecule has 0 aromatic carbocycles. The van der Waals surface area contributed by atoms with Gasteiger partial charge in [0.05, 0.1) is 3.79 Å². The zero-order valence-corrected chi connectivity index (χ0v) is 16.1. The van der Waals surface area contributed by atoms with Crippen molar-refractivity contribution in [1.29, 1.82) is 0 Å². The van der Waals surface area contributed by atoms with E-state index in [9.17, 15) is 8.42 Å². The first-order valence-corrected chi connectivity index (χ1v) is 11.5. The number of sulfonamides is 1. The van der Waals surface area contributed by atoms with E-state index in [2.05, 4.69) is 32.2 Å². The summed E-state index contributed by atoms with van der Waals surface area (Å²) in [6.07, 6.45) is 6.43. The lowest BCUT2D eigenvalue weighted by Crippen LogP contribution is -2.24. The molecule has 1 aromatic heterocycles. The van der Waals surface area contributed by atoms with Crippen molar-refractivity contribution in [2.75, 3.05) is 18.6 Å². The van der Waals surface area contributed by atoms with Gasteiger partial charge in [0, 0.05) is 24.0 Å². The Kier molecular flexibility index (Phi) is 7.02. The van der Waals surface area contributed by atoms with E-state index in [0.717, 1.165) is 30.0 Å². The van der Waals surface area contributed by atoms with E-state index in [1.165, 1.54) is 24.2 Å². The largest absolute Gasteiger partial charge is 0.309 e. The van der Waals surface area contributed by atoms with Crippen molar-refractivity contribution in [3.63, 3.8) is 0 Å². The summed E-state index contributed by atoms with van der Waals surface area (Å²) in [5.41, 5.74) is 0. The van der Waals surface area contributed by atoms with Gasteiger partial charge >= 0.3 is 0 Å². The summed E-state index contributed by atoms with van der Waals surface area (Å²) in [7, 11) is -3.40. The highest BCUT2D eigenvalue weighted by Gasteiger charge is 2.23. The molecule has 1 saturated carbocycles. The Bertz CT molecular complexity index is 556. The van der Waals surface area contributed by atoms with Crippen LogP contribution in [0.3, 0.4) is 0 Å². The van der Waals surface area contributed by atoms with Gasteiger partial charge in [-0.3, -0.25) is 0 Å².